The van der Waals surface area contributed by atoms with Crippen LogP contribution in [-0.2, 0) is 29.3 Å². The normalized spacial score (nSPS) is 19.1. The standard InChI is InChI=1S/C18H26N4O2S2/c1-3-6-15-19-17(21-9-11-22(12-10-21)26(2,23)24)16-13-7-4-5-8-14(13)25-18(16)20-15/h3-12H2,1-2H3. The zero-order valence-corrected chi connectivity index (χ0v) is 17.1. The van der Waals surface area contributed by atoms with E-state index >= 15 is 0 Å². The van der Waals surface area contributed by atoms with Crippen LogP contribution in [0.3, 0.4) is 0 Å². The highest BCUT2D eigenvalue weighted by Gasteiger charge is 2.28. The van der Waals surface area contributed by atoms with E-state index in [0.717, 1.165) is 42.2 Å². The Morgan fingerprint density at radius 3 is 2.50 bits per heavy atom. The van der Waals surface area contributed by atoms with Crippen LogP contribution in [0, 0.1) is 0 Å². The summed E-state index contributed by atoms with van der Waals surface area (Å²) < 4.78 is 25.2. The van der Waals surface area contributed by atoms with E-state index in [2.05, 4.69) is 11.8 Å². The average Bonchev–Trinajstić information content (AvgIpc) is 2.99. The van der Waals surface area contributed by atoms with E-state index in [0.29, 0.717) is 26.2 Å². The molecule has 0 aromatic carbocycles. The predicted molar refractivity (Wildman–Crippen MR) is 107 cm³/mol. The van der Waals surface area contributed by atoms with Crippen LogP contribution in [-0.4, -0.2) is 55.1 Å². The Morgan fingerprint density at radius 1 is 1.08 bits per heavy atom. The average molecular weight is 395 g/mol. The summed E-state index contributed by atoms with van der Waals surface area (Å²) in [5, 5.41) is 1.23. The van der Waals surface area contributed by atoms with Gasteiger partial charge in [-0.05, 0) is 37.7 Å². The van der Waals surface area contributed by atoms with Crippen LogP contribution in [0.15, 0.2) is 0 Å². The van der Waals surface area contributed by atoms with Crippen molar-refractivity contribution >= 4 is 37.4 Å². The molecule has 26 heavy (non-hydrogen) atoms. The molecule has 0 unspecified atom stereocenters. The van der Waals surface area contributed by atoms with Gasteiger partial charge in [0.25, 0.3) is 0 Å². The van der Waals surface area contributed by atoms with Crippen molar-refractivity contribution in [1.29, 1.82) is 0 Å². The lowest BCUT2D eigenvalue weighted by molar-refractivity contribution is 0.387. The summed E-state index contributed by atoms with van der Waals surface area (Å²) in [6, 6.07) is 0. The number of sulfonamides is 1. The second kappa shape index (κ2) is 7.05. The molecule has 142 valence electrons. The largest absolute Gasteiger partial charge is 0.353 e. The van der Waals surface area contributed by atoms with Gasteiger partial charge < -0.3 is 4.90 Å². The first-order valence-electron chi connectivity index (χ1n) is 9.48. The third-order valence-electron chi connectivity index (χ3n) is 5.32. The van der Waals surface area contributed by atoms with Gasteiger partial charge in [-0.25, -0.2) is 18.4 Å². The fraction of sp³-hybridized carbons (Fsp3) is 0.667. The molecule has 1 aliphatic heterocycles. The Bertz CT molecular complexity index is 915. The molecular formula is C18H26N4O2S2. The molecule has 2 aliphatic rings. The highest BCUT2D eigenvalue weighted by atomic mass is 32.2. The molecule has 0 N–H and O–H groups in total. The quantitative estimate of drug-likeness (QED) is 0.797. The number of thiophene rings is 1. The second-order valence-corrected chi connectivity index (χ2v) is 10.3. The lowest BCUT2D eigenvalue weighted by Gasteiger charge is -2.34. The number of piperazine rings is 1. The van der Waals surface area contributed by atoms with Gasteiger partial charge in [0.1, 0.15) is 16.5 Å². The van der Waals surface area contributed by atoms with Crippen LogP contribution in [0.25, 0.3) is 10.2 Å². The molecule has 8 heteroatoms. The van der Waals surface area contributed by atoms with Crippen molar-refractivity contribution in [1.82, 2.24) is 14.3 Å². The molecule has 4 rings (SSSR count). The fourth-order valence-corrected chi connectivity index (χ4v) is 6.08. The van der Waals surface area contributed by atoms with E-state index in [1.165, 1.54) is 34.9 Å². The molecule has 3 heterocycles. The molecule has 0 amide bonds. The zero-order chi connectivity index (χ0) is 18.3. The Labute approximate surface area is 159 Å². The van der Waals surface area contributed by atoms with Crippen molar-refractivity contribution in [2.24, 2.45) is 0 Å². The van der Waals surface area contributed by atoms with Crippen molar-refractivity contribution in [3.05, 3.63) is 16.3 Å². The van der Waals surface area contributed by atoms with Crippen molar-refractivity contribution in [2.45, 2.75) is 45.4 Å². The summed E-state index contributed by atoms with van der Waals surface area (Å²) >= 11 is 1.84. The number of hydrogen-bond donors (Lipinski definition) is 0. The number of aromatic nitrogens is 2. The summed E-state index contributed by atoms with van der Waals surface area (Å²) in [5.74, 6) is 1.95. The Balaban J connectivity index is 1.74. The van der Waals surface area contributed by atoms with Gasteiger partial charge in [-0.3, -0.25) is 0 Å². The second-order valence-electron chi connectivity index (χ2n) is 7.25. The Kier molecular flexibility index (Phi) is 4.92. The van der Waals surface area contributed by atoms with Gasteiger partial charge in [-0.15, -0.1) is 11.3 Å². The first kappa shape index (κ1) is 18.1. The van der Waals surface area contributed by atoms with Crippen LogP contribution in [0.4, 0.5) is 5.82 Å². The smallest absolute Gasteiger partial charge is 0.211 e. The molecule has 6 nitrogen and oxygen atoms in total. The van der Waals surface area contributed by atoms with E-state index in [1.807, 2.05) is 11.3 Å². The summed E-state index contributed by atoms with van der Waals surface area (Å²) in [6.07, 6.45) is 7.96. The highest BCUT2D eigenvalue weighted by molar-refractivity contribution is 7.88. The van der Waals surface area contributed by atoms with Gasteiger partial charge in [0.05, 0.1) is 11.6 Å². The SMILES string of the molecule is CCCc1nc(N2CCN(S(C)(=O)=O)CC2)c2c3c(sc2n1)CCCC3. The zero-order valence-electron chi connectivity index (χ0n) is 15.5. The van der Waals surface area contributed by atoms with E-state index in [9.17, 15) is 8.42 Å². The fourth-order valence-electron chi connectivity index (χ4n) is 3.98. The number of aryl methyl sites for hydroxylation is 3. The molecule has 1 fully saturated rings. The summed E-state index contributed by atoms with van der Waals surface area (Å²) in [7, 11) is -3.12. The van der Waals surface area contributed by atoms with Gasteiger partial charge in [-0.1, -0.05) is 6.92 Å². The lowest BCUT2D eigenvalue weighted by Crippen LogP contribution is -2.48. The monoisotopic (exact) mass is 394 g/mol. The number of rotatable bonds is 4. The maximum absolute atomic E-state index is 11.8. The van der Waals surface area contributed by atoms with Gasteiger partial charge in [-0.2, -0.15) is 4.31 Å². The third kappa shape index (κ3) is 3.34. The molecule has 2 aromatic rings. The minimum absolute atomic E-state index is 0.528. The van der Waals surface area contributed by atoms with Crippen LogP contribution >= 0.6 is 11.3 Å². The Hall–Kier alpha value is -1.25. The van der Waals surface area contributed by atoms with Crippen LogP contribution < -0.4 is 4.90 Å². The van der Waals surface area contributed by atoms with Gasteiger partial charge in [0, 0.05) is 37.5 Å². The number of hydrogen-bond acceptors (Lipinski definition) is 6. The van der Waals surface area contributed by atoms with E-state index < -0.39 is 10.0 Å². The van der Waals surface area contributed by atoms with Crippen LogP contribution in [0.5, 0.6) is 0 Å². The third-order valence-corrected chi connectivity index (χ3v) is 7.81. The van der Waals surface area contributed by atoms with Crippen LogP contribution in [0.2, 0.25) is 0 Å². The van der Waals surface area contributed by atoms with Crippen LogP contribution in [0.1, 0.15) is 42.5 Å². The molecule has 1 saturated heterocycles. The topological polar surface area (TPSA) is 66.4 Å². The minimum atomic E-state index is -3.12. The molecule has 2 aromatic heterocycles. The van der Waals surface area contributed by atoms with Gasteiger partial charge >= 0.3 is 0 Å². The van der Waals surface area contributed by atoms with Gasteiger partial charge in [0.2, 0.25) is 10.0 Å². The van der Waals surface area contributed by atoms with E-state index in [-0.39, 0.29) is 0 Å². The molecule has 0 atom stereocenters. The maximum atomic E-state index is 11.8. The van der Waals surface area contributed by atoms with Crippen molar-refractivity contribution < 1.29 is 8.42 Å². The number of anilines is 1. The molecule has 0 bridgehead atoms. The Morgan fingerprint density at radius 2 is 1.81 bits per heavy atom. The predicted octanol–water partition coefficient (Wildman–Crippen LogP) is 2.60. The van der Waals surface area contributed by atoms with Gasteiger partial charge in [0.15, 0.2) is 0 Å². The molecule has 0 saturated carbocycles. The minimum Gasteiger partial charge on any atom is -0.353 e. The highest BCUT2D eigenvalue weighted by Crippen LogP contribution is 2.40. The maximum Gasteiger partial charge on any atom is 0.211 e. The first-order valence-corrected chi connectivity index (χ1v) is 12.1. The molecule has 0 radical (unpaired) electrons. The number of fused-ring (bicyclic) bond motifs is 3. The van der Waals surface area contributed by atoms with Crippen molar-refractivity contribution in [3.63, 3.8) is 0 Å². The lowest BCUT2D eigenvalue weighted by atomic mass is 9.97. The van der Waals surface area contributed by atoms with E-state index in [1.54, 1.807) is 4.31 Å². The summed E-state index contributed by atoms with van der Waals surface area (Å²) in [4.78, 5) is 14.7. The van der Waals surface area contributed by atoms with Crippen molar-refractivity contribution in [2.75, 3.05) is 37.3 Å². The molecular weight excluding hydrogens is 368 g/mol. The molecule has 0 spiro atoms. The first-order chi connectivity index (χ1) is 12.5. The number of nitrogens with zero attached hydrogens (tertiary/aromatic N) is 4. The summed E-state index contributed by atoms with van der Waals surface area (Å²) in [5.41, 5.74) is 1.44. The van der Waals surface area contributed by atoms with Crippen molar-refractivity contribution in [3.8, 4) is 0 Å². The summed E-state index contributed by atoms with van der Waals surface area (Å²) in [6.45, 7) is 4.59. The van der Waals surface area contributed by atoms with E-state index in [4.69, 9.17) is 9.97 Å². The molecule has 1 aliphatic carbocycles.